The summed E-state index contributed by atoms with van der Waals surface area (Å²) in [6, 6.07) is 18.6. The van der Waals surface area contributed by atoms with Crippen molar-refractivity contribution in [3.05, 3.63) is 113 Å². The van der Waals surface area contributed by atoms with Crippen molar-refractivity contribution in [1.82, 2.24) is 19.4 Å². The summed E-state index contributed by atoms with van der Waals surface area (Å²) in [6.45, 7) is 0.554. The summed E-state index contributed by atoms with van der Waals surface area (Å²) in [5.74, 6) is -2.79. The van der Waals surface area contributed by atoms with Gasteiger partial charge in [-0.3, -0.25) is 14.2 Å². The zero-order valence-corrected chi connectivity index (χ0v) is 25.7. The summed E-state index contributed by atoms with van der Waals surface area (Å²) >= 11 is 0. The molecule has 2 heterocycles. The van der Waals surface area contributed by atoms with Gasteiger partial charge in [-0.25, -0.2) is 13.8 Å². The number of halogens is 2. The Morgan fingerprint density at radius 3 is 2.33 bits per heavy atom. The van der Waals surface area contributed by atoms with Gasteiger partial charge in [0.05, 0.1) is 31.9 Å². The van der Waals surface area contributed by atoms with Crippen LogP contribution in [0.3, 0.4) is 0 Å². The maximum absolute atomic E-state index is 15.6. The fourth-order valence-corrected chi connectivity index (χ4v) is 4.80. The second-order valence-corrected chi connectivity index (χ2v) is 10.6. The van der Waals surface area contributed by atoms with Crippen LogP contribution in [0.1, 0.15) is 5.56 Å². The third-order valence-corrected chi connectivity index (χ3v) is 6.97. The molecule has 0 unspecified atom stereocenters. The number of nitrogens with one attached hydrogen (secondary N) is 2. The molecule has 0 atom stereocenters. The molecule has 0 aliphatic heterocycles. The highest BCUT2D eigenvalue weighted by Crippen LogP contribution is 2.37. The highest BCUT2D eigenvalue weighted by Gasteiger charge is 2.25. The standard InChI is InChI=1S/C34H32F2N6O4/c1-41(2)15-9-14-28(43)38-24-13-8-10-21(16-24)20-42-32-22(19-37-34(40-32)39-23-11-6-5-7-12-23)17-25(33(42)44)29-30(35)26(45-3)18-27(46-4)31(29)36/h5-14,16-19H,15,20H2,1-4H3,(H,38,43)(H,37,39,40)/b14-9+. The fraction of sp³-hybridized carbons (Fsp3) is 0.176. The minimum absolute atomic E-state index is 0.0461. The Labute approximate surface area is 263 Å². The molecule has 2 aromatic heterocycles. The zero-order chi connectivity index (χ0) is 32.8. The third kappa shape index (κ3) is 7.02. The topological polar surface area (TPSA) is 111 Å². The van der Waals surface area contributed by atoms with Crippen molar-refractivity contribution in [3.8, 4) is 22.6 Å². The number of nitrogens with zero attached hydrogens (tertiary/aromatic N) is 4. The molecule has 0 aliphatic carbocycles. The van der Waals surface area contributed by atoms with Crippen molar-refractivity contribution in [1.29, 1.82) is 0 Å². The van der Waals surface area contributed by atoms with Gasteiger partial charge >= 0.3 is 0 Å². The Balaban J connectivity index is 1.63. The van der Waals surface area contributed by atoms with Gasteiger partial charge in [-0.1, -0.05) is 36.4 Å². The van der Waals surface area contributed by atoms with E-state index in [0.717, 1.165) is 11.8 Å². The van der Waals surface area contributed by atoms with Crippen molar-refractivity contribution >= 4 is 34.3 Å². The molecule has 3 aromatic carbocycles. The lowest BCUT2D eigenvalue weighted by atomic mass is 10.0. The van der Waals surface area contributed by atoms with Crippen molar-refractivity contribution < 1.29 is 23.0 Å². The predicted molar refractivity (Wildman–Crippen MR) is 174 cm³/mol. The number of anilines is 3. The van der Waals surface area contributed by atoms with Crippen molar-refractivity contribution in [3.63, 3.8) is 0 Å². The molecule has 5 rings (SSSR count). The van der Waals surface area contributed by atoms with E-state index in [9.17, 15) is 9.59 Å². The SMILES string of the molecule is COc1cc(OC)c(F)c(-c2cc3cnc(Nc4ccccc4)nc3n(Cc3cccc(NC(=O)/C=C/CN(C)C)c3)c2=O)c1F. The zero-order valence-electron chi connectivity index (χ0n) is 25.7. The van der Waals surface area contributed by atoms with E-state index < -0.39 is 22.8 Å². The summed E-state index contributed by atoms with van der Waals surface area (Å²) in [5.41, 5.74) is 0.474. The molecule has 46 heavy (non-hydrogen) atoms. The number of rotatable bonds is 11. The summed E-state index contributed by atoms with van der Waals surface area (Å²) in [6.07, 6.45) is 4.65. The van der Waals surface area contributed by atoms with Crippen LogP contribution in [0.4, 0.5) is 26.1 Å². The monoisotopic (exact) mass is 626 g/mol. The van der Waals surface area contributed by atoms with Gasteiger partial charge in [-0.15, -0.1) is 0 Å². The quantitative estimate of drug-likeness (QED) is 0.182. The lowest BCUT2D eigenvalue weighted by Crippen LogP contribution is -2.24. The Kier molecular flexibility index (Phi) is 9.67. The van der Waals surface area contributed by atoms with Crippen LogP contribution in [0, 0.1) is 11.6 Å². The molecule has 0 bridgehead atoms. The molecule has 236 valence electrons. The van der Waals surface area contributed by atoms with Gasteiger partial charge in [0, 0.05) is 41.6 Å². The van der Waals surface area contributed by atoms with Crippen molar-refractivity contribution in [2.24, 2.45) is 0 Å². The van der Waals surface area contributed by atoms with Crippen molar-refractivity contribution in [2.75, 3.05) is 45.5 Å². The minimum Gasteiger partial charge on any atom is -0.494 e. The molecule has 0 spiro atoms. The van der Waals surface area contributed by atoms with Gasteiger partial charge in [-0.2, -0.15) is 4.98 Å². The van der Waals surface area contributed by atoms with Crippen LogP contribution < -0.4 is 25.7 Å². The highest BCUT2D eigenvalue weighted by molar-refractivity contribution is 5.99. The van der Waals surface area contributed by atoms with E-state index in [4.69, 9.17) is 9.47 Å². The first-order chi connectivity index (χ1) is 22.2. The first-order valence-corrected chi connectivity index (χ1v) is 14.2. The summed E-state index contributed by atoms with van der Waals surface area (Å²) < 4.78 is 42.8. The van der Waals surface area contributed by atoms with Crippen LogP contribution >= 0.6 is 0 Å². The fourth-order valence-electron chi connectivity index (χ4n) is 4.80. The number of para-hydroxylation sites is 1. The molecule has 10 nitrogen and oxygen atoms in total. The number of benzene rings is 3. The second-order valence-electron chi connectivity index (χ2n) is 10.6. The number of likely N-dealkylation sites (N-methyl/N-ethyl adjacent to an activating group) is 1. The second kappa shape index (κ2) is 14.0. The Hall–Kier alpha value is -5.62. The molecule has 0 saturated heterocycles. The molecule has 0 saturated carbocycles. The summed E-state index contributed by atoms with van der Waals surface area (Å²) in [7, 11) is 6.26. The third-order valence-electron chi connectivity index (χ3n) is 6.97. The van der Waals surface area contributed by atoms with Gasteiger partial charge < -0.3 is 25.0 Å². The Morgan fingerprint density at radius 2 is 1.65 bits per heavy atom. The maximum Gasteiger partial charge on any atom is 0.260 e. The molecule has 0 radical (unpaired) electrons. The first kappa shape index (κ1) is 31.8. The number of methoxy groups -OCH3 is 2. The van der Waals surface area contributed by atoms with E-state index in [2.05, 4.69) is 20.6 Å². The number of carbonyl (C=O) groups is 1. The van der Waals surface area contributed by atoms with Crippen LogP contribution in [-0.4, -0.2) is 60.2 Å². The highest BCUT2D eigenvalue weighted by atomic mass is 19.1. The number of amides is 1. The van der Waals surface area contributed by atoms with Gasteiger partial charge in [0.2, 0.25) is 11.9 Å². The molecule has 1 amide bonds. The number of aromatic nitrogens is 3. The van der Waals surface area contributed by atoms with Gasteiger partial charge in [0.25, 0.3) is 5.56 Å². The van der Waals surface area contributed by atoms with E-state index in [1.165, 1.54) is 37.1 Å². The van der Waals surface area contributed by atoms with E-state index >= 15 is 8.78 Å². The van der Waals surface area contributed by atoms with Crippen molar-refractivity contribution in [2.45, 2.75) is 6.54 Å². The molecular weight excluding hydrogens is 594 g/mol. The van der Waals surface area contributed by atoms with Crippen LogP contribution in [0.2, 0.25) is 0 Å². The molecular formula is C34H32F2N6O4. The predicted octanol–water partition coefficient (Wildman–Crippen LogP) is 5.60. The molecule has 0 aliphatic rings. The van der Waals surface area contributed by atoms with Crippen LogP contribution in [0.25, 0.3) is 22.2 Å². The van der Waals surface area contributed by atoms with Gasteiger partial charge in [0.1, 0.15) is 5.65 Å². The van der Waals surface area contributed by atoms with E-state index in [-0.39, 0.29) is 41.1 Å². The Bertz CT molecular complexity index is 1950. The van der Waals surface area contributed by atoms with E-state index in [0.29, 0.717) is 23.2 Å². The summed E-state index contributed by atoms with van der Waals surface area (Å²) in [4.78, 5) is 37.6. The van der Waals surface area contributed by atoms with Gasteiger partial charge in [0.15, 0.2) is 23.1 Å². The molecule has 12 heteroatoms. The number of pyridine rings is 1. The first-order valence-electron chi connectivity index (χ1n) is 14.2. The molecule has 5 aromatic rings. The van der Waals surface area contributed by atoms with Crippen LogP contribution in [0.15, 0.2) is 89.9 Å². The lowest BCUT2D eigenvalue weighted by molar-refractivity contribution is -0.111. The van der Waals surface area contributed by atoms with Crippen LogP contribution in [-0.2, 0) is 11.3 Å². The minimum atomic E-state index is -1.06. The lowest BCUT2D eigenvalue weighted by Gasteiger charge is -2.16. The number of hydrogen-bond donors (Lipinski definition) is 2. The summed E-state index contributed by atoms with van der Waals surface area (Å²) in [5, 5.41) is 6.27. The normalized spacial score (nSPS) is 11.3. The Morgan fingerprint density at radius 1 is 0.957 bits per heavy atom. The molecule has 2 N–H and O–H groups in total. The smallest absolute Gasteiger partial charge is 0.260 e. The average molecular weight is 627 g/mol. The molecule has 0 fully saturated rings. The number of ether oxygens (including phenoxy) is 2. The number of fused-ring (bicyclic) bond motifs is 1. The van der Waals surface area contributed by atoms with E-state index in [1.807, 2.05) is 49.3 Å². The van der Waals surface area contributed by atoms with Gasteiger partial charge in [-0.05, 0) is 50.0 Å². The average Bonchev–Trinajstić information content (AvgIpc) is 3.04. The largest absolute Gasteiger partial charge is 0.494 e. The number of hydrogen-bond acceptors (Lipinski definition) is 8. The van der Waals surface area contributed by atoms with Crippen LogP contribution in [0.5, 0.6) is 11.5 Å². The number of carbonyl (C=O) groups excluding carboxylic acids is 1. The van der Waals surface area contributed by atoms with E-state index in [1.54, 1.807) is 30.3 Å². The maximum atomic E-state index is 15.6.